The van der Waals surface area contributed by atoms with Crippen molar-refractivity contribution in [3.05, 3.63) is 29.8 Å². The zero-order valence-electron chi connectivity index (χ0n) is 11.4. The summed E-state index contributed by atoms with van der Waals surface area (Å²) >= 11 is 0. The maximum Gasteiger partial charge on any atom is 0.573 e. The van der Waals surface area contributed by atoms with Crippen molar-refractivity contribution in [2.45, 2.75) is 39.6 Å². The van der Waals surface area contributed by atoms with Crippen LogP contribution in [0.25, 0.3) is 0 Å². The number of rotatable bonds is 6. The van der Waals surface area contributed by atoms with Crippen molar-refractivity contribution < 1.29 is 17.9 Å². The Morgan fingerprint density at radius 2 is 1.89 bits per heavy atom. The van der Waals surface area contributed by atoms with Gasteiger partial charge in [0.1, 0.15) is 5.75 Å². The molecular weight excluding hydrogens is 255 g/mol. The molecular formula is C14H20F3NO. The average molecular weight is 275 g/mol. The summed E-state index contributed by atoms with van der Waals surface area (Å²) in [6, 6.07) is 6.56. The maximum atomic E-state index is 12.1. The van der Waals surface area contributed by atoms with Crippen LogP contribution >= 0.6 is 0 Å². The zero-order valence-corrected chi connectivity index (χ0v) is 11.4. The van der Waals surface area contributed by atoms with E-state index in [-0.39, 0.29) is 5.75 Å². The summed E-state index contributed by atoms with van der Waals surface area (Å²) < 4.78 is 40.2. The zero-order chi connectivity index (χ0) is 14.5. The van der Waals surface area contributed by atoms with Crippen LogP contribution in [0, 0.1) is 5.92 Å². The maximum absolute atomic E-state index is 12.1. The van der Waals surface area contributed by atoms with Gasteiger partial charge in [-0.05, 0) is 36.6 Å². The van der Waals surface area contributed by atoms with Crippen molar-refractivity contribution in [2.24, 2.45) is 5.92 Å². The molecule has 0 amide bonds. The van der Waals surface area contributed by atoms with Crippen LogP contribution in [0.1, 0.15) is 26.3 Å². The van der Waals surface area contributed by atoms with Gasteiger partial charge in [0.05, 0.1) is 0 Å². The molecule has 1 aromatic rings. The van der Waals surface area contributed by atoms with Gasteiger partial charge in [-0.3, -0.25) is 0 Å². The van der Waals surface area contributed by atoms with Crippen LogP contribution in [0.4, 0.5) is 13.2 Å². The fraction of sp³-hybridized carbons (Fsp3) is 0.571. The predicted molar refractivity (Wildman–Crippen MR) is 69.1 cm³/mol. The highest BCUT2D eigenvalue weighted by Crippen LogP contribution is 2.24. The summed E-state index contributed by atoms with van der Waals surface area (Å²) in [6.45, 7) is 7.02. The van der Waals surface area contributed by atoms with Gasteiger partial charge in [0, 0.05) is 6.04 Å². The number of benzene rings is 1. The van der Waals surface area contributed by atoms with E-state index in [9.17, 15) is 13.2 Å². The first kappa shape index (κ1) is 15.8. The van der Waals surface area contributed by atoms with E-state index in [1.165, 1.54) is 12.1 Å². The molecule has 2 nitrogen and oxygen atoms in total. The van der Waals surface area contributed by atoms with E-state index in [1.807, 2.05) is 6.07 Å². The highest BCUT2D eigenvalue weighted by Gasteiger charge is 2.31. The van der Waals surface area contributed by atoms with Crippen molar-refractivity contribution in [1.82, 2.24) is 5.32 Å². The molecule has 1 unspecified atom stereocenters. The molecule has 1 atom stereocenters. The SMILES string of the molecule is CC(CNC(C)C)Cc1cccc(OC(F)(F)F)c1. The molecule has 1 aromatic carbocycles. The van der Waals surface area contributed by atoms with E-state index < -0.39 is 6.36 Å². The van der Waals surface area contributed by atoms with Crippen LogP contribution in [0.15, 0.2) is 24.3 Å². The summed E-state index contributed by atoms with van der Waals surface area (Å²) in [4.78, 5) is 0. The normalized spacial score (nSPS) is 13.6. The molecule has 1 N–H and O–H groups in total. The monoisotopic (exact) mass is 275 g/mol. The third-order valence-corrected chi connectivity index (χ3v) is 2.59. The largest absolute Gasteiger partial charge is 0.573 e. The molecule has 0 radical (unpaired) electrons. The highest BCUT2D eigenvalue weighted by atomic mass is 19.4. The number of nitrogens with one attached hydrogen (secondary N) is 1. The summed E-state index contributed by atoms with van der Waals surface area (Å²) in [6.07, 6.45) is -3.92. The Balaban J connectivity index is 2.57. The molecule has 0 aliphatic rings. The third-order valence-electron chi connectivity index (χ3n) is 2.59. The molecule has 108 valence electrons. The standard InChI is InChI=1S/C14H20F3NO/c1-10(2)18-9-11(3)7-12-5-4-6-13(8-12)19-14(15,16)17/h4-6,8,10-11,18H,7,9H2,1-3H3. The lowest BCUT2D eigenvalue weighted by Crippen LogP contribution is -2.28. The Kier molecular flexibility index (Phi) is 5.66. The average Bonchev–Trinajstić information content (AvgIpc) is 2.24. The van der Waals surface area contributed by atoms with Gasteiger partial charge in [0.15, 0.2) is 0 Å². The second-order valence-corrected chi connectivity index (χ2v) is 5.07. The van der Waals surface area contributed by atoms with Gasteiger partial charge < -0.3 is 10.1 Å². The molecule has 0 aliphatic carbocycles. The van der Waals surface area contributed by atoms with E-state index >= 15 is 0 Å². The minimum absolute atomic E-state index is 0.158. The van der Waals surface area contributed by atoms with Gasteiger partial charge in [-0.25, -0.2) is 0 Å². The Hall–Kier alpha value is -1.23. The first-order valence-corrected chi connectivity index (χ1v) is 6.34. The lowest BCUT2D eigenvalue weighted by atomic mass is 10.0. The van der Waals surface area contributed by atoms with Crippen molar-refractivity contribution in [1.29, 1.82) is 0 Å². The van der Waals surface area contributed by atoms with E-state index in [0.29, 0.717) is 12.0 Å². The van der Waals surface area contributed by atoms with Crippen LogP contribution in [0.3, 0.4) is 0 Å². The fourth-order valence-electron chi connectivity index (χ4n) is 1.78. The minimum Gasteiger partial charge on any atom is -0.406 e. The lowest BCUT2D eigenvalue weighted by molar-refractivity contribution is -0.274. The fourth-order valence-corrected chi connectivity index (χ4v) is 1.78. The molecule has 1 rings (SSSR count). The molecule has 0 saturated heterocycles. The summed E-state index contributed by atoms with van der Waals surface area (Å²) in [5.74, 6) is 0.192. The Morgan fingerprint density at radius 3 is 2.47 bits per heavy atom. The molecule has 0 spiro atoms. The van der Waals surface area contributed by atoms with Gasteiger partial charge in [-0.1, -0.05) is 32.9 Å². The Labute approximate surface area is 112 Å². The quantitative estimate of drug-likeness (QED) is 0.853. The first-order valence-electron chi connectivity index (χ1n) is 6.34. The minimum atomic E-state index is -4.64. The van der Waals surface area contributed by atoms with E-state index in [0.717, 1.165) is 18.5 Å². The topological polar surface area (TPSA) is 21.3 Å². The second kappa shape index (κ2) is 6.80. The number of hydrogen-bond donors (Lipinski definition) is 1. The number of alkyl halides is 3. The van der Waals surface area contributed by atoms with Crippen LogP contribution in [0.5, 0.6) is 5.75 Å². The van der Waals surface area contributed by atoms with E-state index in [2.05, 4.69) is 30.8 Å². The van der Waals surface area contributed by atoms with Crippen LogP contribution < -0.4 is 10.1 Å². The van der Waals surface area contributed by atoms with Crippen molar-refractivity contribution >= 4 is 0 Å². The highest BCUT2D eigenvalue weighted by molar-refractivity contribution is 5.29. The van der Waals surface area contributed by atoms with Crippen LogP contribution in [-0.4, -0.2) is 18.9 Å². The van der Waals surface area contributed by atoms with E-state index in [1.54, 1.807) is 6.07 Å². The van der Waals surface area contributed by atoms with Crippen LogP contribution in [-0.2, 0) is 6.42 Å². The van der Waals surface area contributed by atoms with Crippen molar-refractivity contribution in [3.63, 3.8) is 0 Å². The summed E-state index contributed by atoms with van der Waals surface area (Å²) in [7, 11) is 0. The first-order chi connectivity index (χ1) is 8.76. The van der Waals surface area contributed by atoms with Crippen LogP contribution in [0.2, 0.25) is 0 Å². The van der Waals surface area contributed by atoms with Gasteiger partial charge >= 0.3 is 6.36 Å². The van der Waals surface area contributed by atoms with Gasteiger partial charge in [-0.2, -0.15) is 0 Å². The molecule has 0 heterocycles. The predicted octanol–water partition coefficient (Wildman–Crippen LogP) is 3.76. The van der Waals surface area contributed by atoms with E-state index in [4.69, 9.17) is 0 Å². The second-order valence-electron chi connectivity index (χ2n) is 5.07. The van der Waals surface area contributed by atoms with Crippen molar-refractivity contribution in [2.75, 3.05) is 6.54 Å². The Bertz CT molecular complexity index is 391. The summed E-state index contributed by atoms with van der Waals surface area (Å²) in [5, 5.41) is 3.31. The molecule has 0 saturated carbocycles. The molecule has 0 fully saturated rings. The molecule has 0 aliphatic heterocycles. The third kappa shape index (κ3) is 7.06. The molecule has 0 bridgehead atoms. The number of halogens is 3. The number of ether oxygens (including phenoxy) is 1. The number of hydrogen-bond acceptors (Lipinski definition) is 2. The van der Waals surface area contributed by atoms with Gasteiger partial charge in [-0.15, -0.1) is 13.2 Å². The lowest BCUT2D eigenvalue weighted by Gasteiger charge is -2.15. The molecule has 5 heteroatoms. The summed E-state index contributed by atoms with van der Waals surface area (Å²) in [5.41, 5.74) is 0.847. The molecule has 0 aromatic heterocycles. The van der Waals surface area contributed by atoms with Gasteiger partial charge in [0.25, 0.3) is 0 Å². The smallest absolute Gasteiger partial charge is 0.406 e. The molecule has 19 heavy (non-hydrogen) atoms. The van der Waals surface area contributed by atoms with Gasteiger partial charge in [0.2, 0.25) is 0 Å². The Morgan fingerprint density at radius 1 is 1.21 bits per heavy atom. The van der Waals surface area contributed by atoms with Crippen molar-refractivity contribution in [3.8, 4) is 5.75 Å².